The maximum Gasteiger partial charge on any atom is 0.391 e. The third-order valence-electron chi connectivity index (χ3n) is 3.81. The summed E-state index contributed by atoms with van der Waals surface area (Å²) in [6, 6.07) is 3.78. The first kappa shape index (κ1) is 15.6. The minimum absolute atomic E-state index is 0.0436. The van der Waals surface area contributed by atoms with Gasteiger partial charge < -0.3 is 11.1 Å². The highest BCUT2D eigenvalue weighted by Crippen LogP contribution is 2.39. The molecule has 1 amide bonds. The second kappa shape index (κ2) is 5.91. The van der Waals surface area contributed by atoms with Crippen molar-refractivity contribution in [3.05, 3.63) is 24.0 Å². The highest BCUT2D eigenvalue weighted by atomic mass is 19.4. The summed E-state index contributed by atoms with van der Waals surface area (Å²) in [4.78, 5) is 12.0. The Labute approximate surface area is 119 Å². The van der Waals surface area contributed by atoms with Gasteiger partial charge in [-0.1, -0.05) is 0 Å². The molecule has 1 aliphatic rings. The van der Waals surface area contributed by atoms with Crippen molar-refractivity contribution in [3.8, 4) is 0 Å². The van der Waals surface area contributed by atoms with Crippen molar-refractivity contribution in [1.82, 2.24) is 0 Å². The minimum Gasteiger partial charge on any atom is -0.399 e. The number of nitrogen functional groups attached to an aromatic ring is 1. The summed E-state index contributed by atoms with van der Waals surface area (Å²) in [7, 11) is 0. The molecule has 0 unspecified atom stereocenters. The maximum atomic E-state index is 13.5. The second-order valence-corrected chi connectivity index (χ2v) is 5.32. The number of amides is 1. The zero-order chi connectivity index (χ0) is 15.6. The van der Waals surface area contributed by atoms with E-state index in [-0.39, 0.29) is 31.4 Å². The lowest BCUT2D eigenvalue weighted by atomic mass is 9.81. The van der Waals surface area contributed by atoms with Gasteiger partial charge in [0.2, 0.25) is 5.91 Å². The van der Waals surface area contributed by atoms with Gasteiger partial charge in [-0.15, -0.1) is 0 Å². The van der Waals surface area contributed by atoms with Crippen molar-refractivity contribution in [2.75, 3.05) is 11.1 Å². The fourth-order valence-corrected chi connectivity index (χ4v) is 2.56. The standard InChI is InChI=1S/C14H16F4N2O/c15-11-6-5-10(19)7-12(11)20-13(21)8-1-3-9(4-2-8)14(16,17)18/h5-9H,1-4,19H2,(H,20,21). The number of nitrogens with one attached hydrogen (secondary N) is 1. The molecule has 1 saturated carbocycles. The molecule has 3 nitrogen and oxygen atoms in total. The van der Waals surface area contributed by atoms with Crippen molar-refractivity contribution in [2.24, 2.45) is 11.8 Å². The van der Waals surface area contributed by atoms with Crippen LogP contribution in [0.15, 0.2) is 18.2 Å². The number of halogens is 4. The van der Waals surface area contributed by atoms with Gasteiger partial charge >= 0.3 is 6.18 Å². The van der Waals surface area contributed by atoms with Crippen LogP contribution in [0.1, 0.15) is 25.7 Å². The molecular formula is C14H16F4N2O. The topological polar surface area (TPSA) is 55.1 Å². The zero-order valence-electron chi connectivity index (χ0n) is 11.2. The van der Waals surface area contributed by atoms with Gasteiger partial charge in [0.15, 0.2) is 0 Å². The normalized spacial score (nSPS) is 22.9. The minimum atomic E-state index is -4.21. The molecule has 1 aromatic rings. The Morgan fingerprint density at radius 2 is 1.81 bits per heavy atom. The number of alkyl halides is 3. The molecule has 2 rings (SSSR count). The first-order valence-electron chi connectivity index (χ1n) is 6.70. The van der Waals surface area contributed by atoms with E-state index in [4.69, 9.17) is 5.73 Å². The highest BCUT2D eigenvalue weighted by Gasteiger charge is 2.42. The SMILES string of the molecule is Nc1ccc(F)c(NC(=O)C2CCC(C(F)(F)F)CC2)c1. The Morgan fingerprint density at radius 3 is 2.38 bits per heavy atom. The smallest absolute Gasteiger partial charge is 0.391 e. The van der Waals surface area contributed by atoms with Gasteiger partial charge in [-0.3, -0.25) is 4.79 Å². The molecule has 1 aromatic carbocycles. The number of benzene rings is 1. The van der Waals surface area contributed by atoms with Crippen molar-refractivity contribution in [3.63, 3.8) is 0 Å². The summed E-state index contributed by atoms with van der Waals surface area (Å²) >= 11 is 0. The van der Waals surface area contributed by atoms with Crippen LogP contribution in [0.2, 0.25) is 0 Å². The lowest BCUT2D eigenvalue weighted by molar-refractivity contribution is -0.184. The molecule has 21 heavy (non-hydrogen) atoms. The number of carbonyl (C=O) groups excluding carboxylic acids is 1. The molecule has 0 aromatic heterocycles. The second-order valence-electron chi connectivity index (χ2n) is 5.32. The Balaban J connectivity index is 1.95. The third-order valence-corrected chi connectivity index (χ3v) is 3.81. The Hall–Kier alpha value is -1.79. The highest BCUT2D eigenvalue weighted by molar-refractivity contribution is 5.93. The molecular weight excluding hydrogens is 288 g/mol. The molecule has 7 heteroatoms. The van der Waals surface area contributed by atoms with E-state index in [1.165, 1.54) is 12.1 Å². The lowest BCUT2D eigenvalue weighted by Crippen LogP contribution is -2.32. The first-order chi connectivity index (χ1) is 9.77. The molecule has 0 saturated heterocycles. The lowest BCUT2D eigenvalue weighted by Gasteiger charge is -2.29. The van der Waals surface area contributed by atoms with Crippen LogP contribution in [-0.2, 0) is 4.79 Å². The van der Waals surface area contributed by atoms with Crippen molar-refractivity contribution >= 4 is 17.3 Å². The van der Waals surface area contributed by atoms with Crippen LogP contribution in [0, 0.1) is 17.7 Å². The molecule has 0 radical (unpaired) electrons. The van der Waals surface area contributed by atoms with E-state index in [2.05, 4.69) is 5.32 Å². The predicted molar refractivity (Wildman–Crippen MR) is 70.9 cm³/mol. The number of nitrogens with two attached hydrogens (primary N) is 1. The van der Waals surface area contributed by atoms with Crippen molar-refractivity contribution in [2.45, 2.75) is 31.9 Å². The third kappa shape index (κ3) is 3.86. The van der Waals surface area contributed by atoms with E-state index in [0.29, 0.717) is 5.69 Å². The molecule has 0 bridgehead atoms. The zero-order valence-corrected chi connectivity index (χ0v) is 11.2. The van der Waals surface area contributed by atoms with Crippen molar-refractivity contribution < 1.29 is 22.4 Å². The number of anilines is 2. The fraction of sp³-hybridized carbons (Fsp3) is 0.500. The molecule has 0 spiro atoms. The van der Waals surface area contributed by atoms with Crippen LogP contribution in [-0.4, -0.2) is 12.1 Å². The molecule has 0 atom stereocenters. The first-order valence-corrected chi connectivity index (χ1v) is 6.70. The van der Waals surface area contributed by atoms with E-state index in [0.717, 1.165) is 6.07 Å². The van der Waals surface area contributed by atoms with Crippen molar-refractivity contribution in [1.29, 1.82) is 0 Å². The number of hydrogen-bond donors (Lipinski definition) is 2. The predicted octanol–water partition coefficient (Wildman–Crippen LogP) is 3.72. The molecule has 1 fully saturated rings. The van der Waals surface area contributed by atoms with Crippen LogP contribution in [0.25, 0.3) is 0 Å². The van der Waals surface area contributed by atoms with Gasteiger partial charge in [0.25, 0.3) is 0 Å². The Bertz CT molecular complexity index is 522. The van der Waals surface area contributed by atoms with Crippen LogP contribution in [0.5, 0.6) is 0 Å². The van der Waals surface area contributed by atoms with Gasteiger partial charge in [-0.05, 0) is 43.9 Å². The fourth-order valence-electron chi connectivity index (χ4n) is 2.56. The summed E-state index contributed by atoms with van der Waals surface area (Å²) in [5, 5.41) is 2.40. The largest absolute Gasteiger partial charge is 0.399 e. The average molecular weight is 304 g/mol. The summed E-state index contributed by atoms with van der Waals surface area (Å²) in [5.74, 6) is -2.95. The summed E-state index contributed by atoms with van der Waals surface area (Å²) in [5.41, 5.74) is 5.76. The van der Waals surface area contributed by atoms with E-state index < -0.39 is 29.7 Å². The Kier molecular flexibility index (Phi) is 4.39. The van der Waals surface area contributed by atoms with Gasteiger partial charge in [0.1, 0.15) is 5.82 Å². The molecule has 1 aliphatic carbocycles. The van der Waals surface area contributed by atoms with E-state index in [1.54, 1.807) is 0 Å². The van der Waals surface area contributed by atoms with Crippen LogP contribution < -0.4 is 11.1 Å². The van der Waals surface area contributed by atoms with E-state index >= 15 is 0 Å². The van der Waals surface area contributed by atoms with Gasteiger partial charge in [0.05, 0.1) is 11.6 Å². The quantitative estimate of drug-likeness (QED) is 0.646. The number of hydrogen-bond acceptors (Lipinski definition) is 2. The van der Waals surface area contributed by atoms with Crippen LogP contribution >= 0.6 is 0 Å². The van der Waals surface area contributed by atoms with Gasteiger partial charge in [-0.2, -0.15) is 13.2 Å². The average Bonchev–Trinajstić information content (AvgIpc) is 2.42. The maximum absolute atomic E-state index is 13.5. The number of carbonyl (C=O) groups is 1. The Morgan fingerprint density at radius 1 is 1.19 bits per heavy atom. The van der Waals surface area contributed by atoms with Crippen LogP contribution in [0.3, 0.4) is 0 Å². The summed E-state index contributed by atoms with van der Waals surface area (Å²) in [6.07, 6.45) is -4.04. The summed E-state index contributed by atoms with van der Waals surface area (Å²) in [6.45, 7) is 0. The number of rotatable bonds is 2. The monoisotopic (exact) mass is 304 g/mol. The molecule has 0 aliphatic heterocycles. The van der Waals surface area contributed by atoms with E-state index in [9.17, 15) is 22.4 Å². The van der Waals surface area contributed by atoms with Crippen LogP contribution in [0.4, 0.5) is 28.9 Å². The molecule has 116 valence electrons. The van der Waals surface area contributed by atoms with Gasteiger partial charge in [-0.25, -0.2) is 4.39 Å². The summed E-state index contributed by atoms with van der Waals surface area (Å²) < 4.78 is 51.1. The van der Waals surface area contributed by atoms with Gasteiger partial charge in [0, 0.05) is 11.6 Å². The van der Waals surface area contributed by atoms with E-state index in [1.807, 2.05) is 0 Å². The molecule has 3 N–H and O–H groups in total. The molecule has 0 heterocycles.